The summed E-state index contributed by atoms with van der Waals surface area (Å²) in [4.78, 5) is 25.0. The van der Waals surface area contributed by atoms with Crippen LogP contribution < -0.4 is 14.8 Å². The minimum Gasteiger partial charge on any atom is -0.484 e. The monoisotopic (exact) mass is 370 g/mol. The van der Waals surface area contributed by atoms with Crippen LogP contribution in [0.25, 0.3) is 0 Å². The van der Waals surface area contributed by atoms with Gasteiger partial charge in [-0.1, -0.05) is 26.0 Å². The molecule has 0 aromatic heterocycles. The molecule has 2 aromatic rings. The molecule has 0 aliphatic rings. The van der Waals surface area contributed by atoms with Crippen LogP contribution in [0.2, 0.25) is 0 Å². The Morgan fingerprint density at radius 2 is 1.41 bits per heavy atom. The van der Waals surface area contributed by atoms with E-state index >= 15 is 0 Å². The molecule has 0 aliphatic carbocycles. The second-order valence-electron chi connectivity index (χ2n) is 6.66. The van der Waals surface area contributed by atoms with Gasteiger partial charge < -0.3 is 19.7 Å². The summed E-state index contributed by atoms with van der Waals surface area (Å²) in [6.45, 7) is 4.15. The van der Waals surface area contributed by atoms with Gasteiger partial charge in [0, 0.05) is 19.8 Å². The van der Waals surface area contributed by atoms with Crippen molar-refractivity contribution in [2.75, 3.05) is 32.6 Å². The van der Waals surface area contributed by atoms with E-state index in [1.165, 1.54) is 10.5 Å². The van der Waals surface area contributed by atoms with Gasteiger partial charge in [0.2, 0.25) is 0 Å². The lowest BCUT2D eigenvalue weighted by molar-refractivity contribution is -0.130. The Kier molecular flexibility index (Phi) is 7.23. The third-order valence-corrected chi connectivity index (χ3v) is 3.92. The first-order valence-corrected chi connectivity index (χ1v) is 8.81. The molecule has 6 nitrogen and oxygen atoms in total. The number of likely N-dealkylation sites (N-methyl/N-ethyl adjacent to an activating group) is 1. The van der Waals surface area contributed by atoms with E-state index in [1.807, 2.05) is 24.3 Å². The molecule has 0 radical (unpaired) electrons. The number of benzene rings is 2. The number of hydrogen-bond acceptors (Lipinski definition) is 4. The molecule has 0 heterocycles. The van der Waals surface area contributed by atoms with E-state index in [4.69, 9.17) is 9.47 Å². The van der Waals surface area contributed by atoms with Crippen LogP contribution in [-0.2, 0) is 9.59 Å². The maximum absolute atomic E-state index is 12.0. The molecule has 0 bridgehead atoms. The van der Waals surface area contributed by atoms with Crippen LogP contribution in [0.1, 0.15) is 25.3 Å². The number of nitrogens with one attached hydrogen (secondary N) is 1. The normalized spacial score (nSPS) is 10.4. The second-order valence-corrected chi connectivity index (χ2v) is 6.66. The smallest absolute Gasteiger partial charge is 0.262 e. The molecule has 2 rings (SSSR count). The Morgan fingerprint density at radius 3 is 1.93 bits per heavy atom. The van der Waals surface area contributed by atoms with Gasteiger partial charge in [-0.2, -0.15) is 0 Å². The maximum Gasteiger partial charge on any atom is 0.262 e. The number of amides is 2. The van der Waals surface area contributed by atoms with Crippen molar-refractivity contribution in [3.8, 4) is 11.5 Å². The van der Waals surface area contributed by atoms with Crippen LogP contribution in [0, 0.1) is 0 Å². The first-order valence-electron chi connectivity index (χ1n) is 8.81. The minimum absolute atomic E-state index is 0.0256. The highest BCUT2D eigenvalue weighted by molar-refractivity contribution is 5.91. The van der Waals surface area contributed by atoms with Crippen molar-refractivity contribution >= 4 is 17.5 Å². The zero-order valence-corrected chi connectivity index (χ0v) is 16.2. The zero-order chi connectivity index (χ0) is 19.8. The quantitative estimate of drug-likeness (QED) is 0.774. The Balaban J connectivity index is 1.79. The first kappa shape index (κ1) is 20.3. The topological polar surface area (TPSA) is 67.9 Å². The lowest BCUT2D eigenvalue weighted by Crippen LogP contribution is -2.27. The minimum atomic E-state index is -0.251. The van der Waals surface area contributed by atoms with E-state index in [1.54, 1.807) is 38.4 Å². The average Bonchev–Trinajstić information content (AvgIpc) is 2.65. The highest BCUT2D eigenvalue weighted by Crippen LogP contribution is 2.19. The summed E-state index contributed by atoms with van der Waals surface area (Å²) in [5, 5.41) is 2.76. The van der Waals surface area contributed by atoms with Crippen LogP contribution in [0.3, 0.4) is 0 Å². The number of hydrogen-bond donors (Lipinski definition) is 1. The fraction of sp³-hybridized carbons (Fsp3) is 0.333. The van der Waals surface area contributed by atoms with Gasteiger partial charge in [-0.3, -0.25) is 9.59 Å². The molecule has 2 amide bonds. The number of nitrogens with zero attached hydrogens (tertiary/aromatic N) is 1. The number of carbonyl (C=O) groups excluding carboxylic acids is 2. The molecule has 27 heavy (non-hydrogen) atoms. The molecule has 0 unspecified atom stereocenters. The van der Waals surface area contributed by atoms with Gasteiger partial charge in [-0.05, 0) is 47.9 Å². The number of anilines is 1. The highest BCUT2D eigenvalue weighted by Gasteiger charge is 2.07. The zero-order valence-electron chi connectivity index (χ0n) is 16.2. The lowest BCUT2D eigenvalue weighted by Gasteiger charge is -2.12. The van der Waals surface area contributed by atoms with Gasteiger partial charge in [0.05, 0.1) is 0 Å². The fourth-order valence-electron chi connectivity index (χ4n) is 2.20. The summed E-state index contributed by atoms with van der Waals surface area (Å²) in [5.74, 6) is 1.30. The molecule has 0 atom stereocenters. The predicted octanol–water partition coefficient (Wildman–Crippen LogP) is 3.29. The van der Waals surface area contributed by atoms with Gasteiger partial charge >= 0.3 is 0 Å². The molecule has 0 spiro atoms. The molecule has 1 N–H and O–H groups in total. The van der Waals surface area contributed by atoms with Gasteiger partial charge in [0.1, 0.15) is 11.5 Å². The molecule has 0 aliphatic heterocycles. The van der Waals surface area contributed by atoms with Gasteiger partial charge in [-0.15, -0.1) is 0 Å². The van der Waals surface area contributed by atoms with E-state index < -0.39 is 0 Å². The summed E-state index contributed by atoms with van der Waals surface area (Å²) in [6.07, 6.45) is 0. The molecule has 144 valence electrons. The molecular formula is C21H26N2O4. The summed E-state index contributed by atoms with van der Waals surface area (Å²) < 4.78 is 10.9. The van der Waals surface area contributed by atoms with Crippen LogP contribution in [-0.4, -0.2) is 44.0 Å². The second kappa shape index (κ2) is 9.62. The van der Waals surface area contributed by atoms with E-state index in [9.17, 15) is 9.59 Å². The average molecular weight is 370 g/mol. The highest BCUT2D eigenvalue weighted by atomic mass is 16.5. The number of carbonyl (C=O) groups is 2. The maximum atomic E-state index is 12.0. The van der Waals surface area contributed by atoms with Crippen molar-refractivity contribution < 1.29 is 19.1 Å². The lowest BCUT2D eigenvalue weighted by atomic mass is 10.0. The van der Waals surface area contributed by atoms with Crippen molar-refractivity contribution in [2.24, 2.45) is 0 Å². The molecule has 0 saturated heterocycles. The van der Waals surface area contributed by atoms with Crippen LogP contribution >= 0.6 is 0 Å². The van der Waals surface area contributed by atoms with Crippen LogP contribution in [0.5, 0.6) is 11.5 Å². The van der Waals surface area contributed by atoms with E-state index in [0.29, 0.717) is 23.1 Å². The van der Waals surface area contributed by atoms with Crippen LogP contribution in [0.4, 0.5) is 5.69 Å². The Morgan fingerprint density at radius 1 is 0.889 bits per heavy atom. The van der Waals surface area contributed by atoms with Gasteiger partial charge in [0.15, 0.2) is 13.2 Å². The third kappa shape index (κ3) is 6.66. The van der Waals surface area contributed by atoms with Gasteiger partial charge in [-0.25, -0.2) is 0 Å². The SMILES string of the molecule is CC(C)c1ccc(OCC(=O)Nc2ccc(OCC(=O)N(C)C)cc2)cc1. The van der Waals surface area contributed by atoms with Crippen molar-refractivity contribution in [1.29, 1.82) is 0 Å². The summed E-state index contributed by atoms with van der Waals surface area (Å²) in [7, 11) is 3.34. The molecule has 6 heteroatoms. The fourth-order valence-corrected chi connectivity index (χ4v) is 2.20. The van der Waals surface area contributed by atoms with Crippen molar-refractivity contribution in [3.05, 3.63) is 54.1 Å². The summed E-state index contributed by atoms with van der Waals surface area (Å²) >= 11 is 0. The number of rotatable bonds is 8. The molecule has 0 fully saturated rings. The van der Waals surface area contributed by atoms with Crippen molar-refractivity contribution in [1.82, 2.24) is 4.90 Å². The van der Waals surface area contributed by atoms with Crippen molar-refractivity contribution in [2.45, 2.75) is 19.8 Å². The van der Waals surface area contributed by atoms with Crippen molar-refractivity contribution in [3.63, 3.8) is 0 Å². The molecule has 0 saturated carbocycles. The molecular weight excluding hydrogens is 344 g/mol. The largest absolute Gasteiger partial charge is 0.484 e. The van der Waals surface area contributed by atoms with E-state index in [2.05, 4.69) is 19.2 Å². The Bertz CT molecular complexity index is 753. The number of ether oxygens (including phenoxy) is 2. The third-order valence-electron chi connectivity index (χ3n) is 3.92. The van der Waals surface area contributed by atoms with Gasteiger partial charge in [0.25, 0.3) is 11.8 Å². The standard InChI is InChI=1S/C21H26N2O4/c1-15(2)16-5-9-18(10-6-16)26-13-20(24)22-17-7-11-19(12-8-17)27-14-21(25)23(3)4/h5-12,15H,13-14H2,1-4H3,(H,22,24). The Labute approximate surface area is 160 Å². The van der Waals surface area contributed by atoms with E-state index in [-0.39, 0.29) is 25.0 Å². The summed E-state index contributed by atoms with van der Waals surface area (Å²) in [5.41, 5.74) is 1.85. The summed E-state index contributed by atoms with van der Waals surface area (Å²) in [6, 6.07) is 14.5. The predicted molar refractivity (Wildman–Crippen MR) is 105 cm³/mol. The Hall–Kier alpha value is -3.02. The molecule has 2 aromatic carbocycles. The van der Waals surface area contributed by atoms with Crippen LogP contribution in [0.15, 0.2) is 48.5 Å². The first-order chi connectivity index (χ1) is 12.8. The van der Waals surface area contributed by atoms with E-state index in [0.717, 1.165) is 0 Å².